The SMILES string of the molecule is CC1CCCCC1Nc1cc(Cl)ccc1N(C)C. The van der Waals surface area contributed by atoms with E-state index in [0.29, 0.717) is 6.04 Å². The van der Waals surface area contributed by atoms with Gasteiger partial charge in [-0.05, 0) is 37.0 Å². The van der Waals surface area contributed by atoms with Crippen LogP contribution >= 0.6 is 11.6 Å². The zero-order valence-corrected chi connectivity index (χ0v) is 12.3. The molecule has 2 unspecified atom stereocenters. The number of rotatable bonds is 3. The van der Waals surface area contributed by atoms with E-state index in [1.807, 2.05) is 12.1 Å². The third-order valence-corrected chi connectivity index (χ3v) is 4.13. The number of nitrogens with zero attached hydrogens (tertiary/aromatic N) is 1. The summed E-state index contributed by atoms with van der Waals surface area (Å²) in [6.45, 7) is 2.34. The second kappa shape index (κ2) is 5.83. The topological polar surface area (TPSA) is 15.3 Å². The minimum atomic E-state index is 0.580. The molecular formula is C15H23ClN2. The Labute approximate surface area is 115 Å². The monoisotopic (exact) mass is 266 g/mol. The molecule has 2 nitrogen and oxygen atoms in total. The lowest BCUT2D eigenvalue weighted by Gasteiger charge is -2.32. The van der Waals surface area contributed by atoms with Crippen LogP contribution in [0.4, 0.5) is 11.4 Å². The van der Waals surface area contributed by atoms with Crippen molar-refractivity contribution in [3.63, 3.8) is 0 Å². The smallest absolute Gasteiger partial charge is 0.0597 e. The van der Waals surface area contributed by atoms with Gasteiger partial charge in [0.2, 0.25) is 0 Å². The molecule has 1 aliphatic carbocycles. The van der Waals surface area contributed by atoms with Crippen LogP contribution in [-0.4, -0.2) is 20.1 Å². The molecule has 2 rings (SSSR count). The van der Waals surface area contributed by atoms with E-state index in [1.165, 1.54) is 31.4 Å². The third kappa shape index (κ3) is 3.11. The van der Waals surface area contributed by atoms with Gasteiger partial charge in [0.1, 0.15) is 0 Å². The molecule has 1 saturated carbocycles. The van der Waals surface area contributed by atoms with Crippen molar-refractivity contribution < 1.29 is 0 Å². The Hall–Kier alpha value is -0.890. The highest BCUT2D eigenvalue weighted by Crippen LogP contribution is 2.32. The largest absolute Gasteiger partial charge is 0.380 e. The van der Waals surface area contributed by atoms with Gasteiger partial charge in [-0.2, -0.15) is 0 Å². The molecule has 0 radical (unpaired) electrons. The number of anilines is 2. The first-order chi connectivity index (χ1) is 8.58. The molecule has 0 bridgehead atoms. The summed E-state index contributed by atoms with van der Waals surface area (Å²) in [6.07, 6.45) is 5.30. The first kappa shape index (κ1) is 13.5. The molecule has 1 N–H and O–H groups in total. The fraction of sp³-hybridized carbons (Fsp3) is 0.600. The minimum absolute atomic E-state index is 0.580. The highest BCUT2D eigenvalue weighted by molar-refractivity contribution is 6.31. The molecule has 0 spiro atoms. The zero-order chi connectivity index (χ0) is 13.1. The maximum Gasteiger partial charge on any atom is 0.0597 e. The molecule has 0 aliphatic heterocycles. The first-order valence-electron chi connectivity index (χ1n) is 6.81. The molecule has 2 atom stereocenters. The van der Waals surface area contributed by atoms with Crippen molar-refractivity contribution in [1.82, 2.24) is 0 Å². The second-order valence-electron chi connectivity index (χ2n) is 5.57. The van der Waals surface area contributed by atoms with Gasteiger partial charge in [-0.25, -0.2) is 0 Å². The highest BCUT2D eigenvalue weighted by Gasteiger charge is 2.22. The van der Waals surface area contributed by atoms with Crippen molar-refractivity contribution in [1.29, 1.82) is 0 Å². The maximum absolute atomic E-state index is 6.12. The van der Waals surface area contributed by atoms with Crippen molar-refractivity contribution in [3.05, 3.63) is 23.2 Å². The summed E-state index contributed by atoms with van der Waals surface area (Å²) in [5.74, 6) is 0.743. The standard InChI is InChI=1S/C15H23ClN2/c1-11-6-4-5-7-13(11)17-14-10-12(16)8-9-15(14)18(2)3/h8-11,13,17H,4-7H2,1-3H3. The van der Waals surface area contributed by atoms with Gasteiger partial charge in [0, 0.05) is 25.2 Å². The number of benzene rings is 1. The molecule has 0 heterocycles. The van der Waals surface area contributed by atoms with Crippen LogP contribution in [0.1, 0.15) is 32.6 Å². The summed E-state index contributed by atoms with van der Waals surface area (Å²) in [7, 11) is 4.14. The van der Waals surface area contributed by atoms with Gasteiger partial charge in [-0.1, -0.05) is 31.4 Å². The Morgan fingerprint density at radius 1 is 1.22 bits per heavy atom. The van der Waals surface area contributed by atoms with Crippen LogP contribution in [0.5, 0.6) is 0 Å². The number of halogens is 1. The van der Waals surface area contributed by atoms with Crippen LogP contribution in [0.3, 0.4) is 0 Å². The van der Waals surface area contributed by atoms with Crippen molar-refractivity contribution >= 4 is 23.0 Å². The fourth-order valence-corrected chi connectivity index (χ4v) is 2.92. The van der Waals surface area contributed by atoms with Gasteiger partial charge < -0.3 is 10.2 Å². The summed E-state index contributed by atoms with van der Waals surface area (Å²) in [4.78, 5) is 2.13. The summed E-state index contributed by atoms with van der Waals surface area (Å²) >= 11 is 6.12. The Morgan fingerprint density at radius 3 is 2.61 bits per heavy atom. The van der Waals surface area contributed by atoms with Gasteiger partial charge >= 0.3 is 0 Å². The molecule has 0 amide bonds. The molecular weight excluding hydrogens is 244 g/mol. The van der Waals surface area contributed by atoms with E-state index in [2.05, 4.69) is 37.3 Å². The van der Waals surface area contributed by atoms with Gasteiger partial charge in [-0.15, -0.1) is 0 Å². The van der Waals surface area contributed by atoms with E-state index in [0.717, 1.165) is 16.6 Å². The van der Waals surface area contributed by atoms with Crippen molar-refractivity contribution in [2.24, 2.45) is 5.92 Å². The van der Waals surface area contributed by atoms with Crippen LogP contribution in [0.15, 0.2) is 18.2 Å². The Balaban J connectivity index is 2.18. The van der Waals surface area contributed by atoms with E-state index in [-0.39, 0.29) is 0 Å². The average molecular weight is 267 g/mol. The molecule has 1 fully saturated rings. The number of hydrogen-bond acceptors (Lipinski definition) is 2. The van der Waals surface area contributed by atoms with E-state index < -0.39 is 0 Å². The Bertz CT molecular complexity index is 403. The van der Waals surface area contributed by atoms with Crippen LogP contribution in [0, 0.1) is 5.92 Å². The fourth-order valence-electron chi connectivity index (χ4n) is 2.74. The summed E-state index contributed by atoms with van der Waals surface area (Å²) in [5.41, 5.74) is 2.36. The van der Waals surface area contributed by atoms with Gasteiger partial charge in [0.15, 0.2) is 0 Å². The van der Waals surface area contributed by atoms with E-state index >= 15 is 0 Å². The molecule has 0 saturated heterocycles. The van der Waals surface area contributed by atoms with Gasteiger partial charge in [-0.3, -0.25) is 0 Å². The predicted octanol–water partition coefficient (Wildman–Crippen LogP) is 4.40. The van der Waals surface area contributed by atoms with Gasteiger partial charge in [0.05, 0.1) is 11.4 Å². The summed E-state index contributed by atoms with van der Waals surface area (Å²) < 4.78 is 0. The molecule has 1 aromatic rings. The van der Waals surface area contributed by atoms with E-state index in [9.17, 15) is 0 Å². The quantitative estimate of drug-likeness (QED) is 0.873. The van der Waals surface area contributed by atoms with Crippen molar-refractivity contribution in [3.8, 4) is 0 Å². The molecule has 100 valence electrons. The van der Waals surface area contributed by atoms with Crippen molar-refractivity contribution in [2.45, 2.75) is 38.6 Å². The number of hydrogen-bond donors (Lipinski definition) is 1. The van der Waals surface area contributed by atoms with Crippen LogP contribution in [-0.2, 0) is 0 Å². The molecule has 1 aliphatic rings. The van der Waals surface area contributed by atoms with Crippen LogP contribution in [0.25, 0.3) is 0 Å². The Kier molecular flexibility index (Phi) is 4.39. The number of nitrogens with one attached hydrogen (secondary N) is 1. The summed E-state index contributed by atoms with van der Waals surface area (Å²) in [5, 5.41) is 4.49. The maximum atomic E-state index is 6.12. The molecule has 0 aromatic heterocycles. The average Bonchev–Trinajstić information content (AvgIpc) is 2.32. The lowest BCUT2D eigenvalue weighted by atomic mass is 9.86. The highest BCUT2D eigenvalue weighted by atomic mass is 35.5. The summed E-state index contributed by atoms with van der Waals surface area (Å²) in [6, 6.07) is 6.65. The minimum Gasteiger partial charge on any atom is -0.380 e. The molecule has 1 aromatic carbocycles. The van der Waals surface area contributed by atoms with Crippen LogP contribution in [0.2, 0.25) is 5.02 Å². The van der Waals surface area contributed by atoms with Gasteiger partial charge in [0.25, 0.3) is 0 Å². The predicted molar refractivity (Wildman–Crippen MR) is 80.8 cm³/mol. The second-order valence-corrected chi connectivity index (χ2v) is 6.00. The van der Waals surface area contributed by atoms with E-state index in [1.54, 1.807) is 0 Å². The first-order valence-corrected chi connectivity index (χ1v) is 7.19. The lowest BCUT2D eigenvalue weighted by Crippen LogP contribution is -2.31. The van der Waals surface area contributed by atoms with Crippen molar-refractivity contribution in [2.75, 3.05) is 24.3 Å². The lowest BCUT2D eigenvalue weighted by molar-refractivity contribution is 0.349. The zero-order valence-electron chi connectivity index (χ0n) is 11.5. The molecule has 18 heavy (non-hydrogen) atoms. The van der Waals surface area contributed by atoms with Crippen LogP contribution < -0.4 is 10.2 Å². The van der Waals surface area contributed by atoms with E-state index in [4.69, 9.17) is 11.6 Å². The molecule has 3 heteroatoms. The Morgan fingerprint density at radius 2 is 1.94 bits per heavy atom. The third-order valence-electron chi connectivity index (χ3n) is 3.89. The normalized spacial score (nSPS) is 23.8.